The second-order valence-electron chi connectivity index (χ2n) is 5.97. The third kappa shape index (κ3) is 6.14. The molecule has 152 valence electrons. The monoisotopic (exact) mass is 406 g/mol. The molecule has 8 nitrogen and oxygen atoms in total. The normalized spacial score (nSPS) is 11.8. The molecular formula is C19H26N4O4S. The summed E-state index contributed by atoms with van der Waals surface area (Å²) in [4.78, 5) is 4.31. The van der Waals surface area contributed by atoms with Crippen LogP contribution in [0.3, 0.4) is 0 Å². The molecule has 0 aliphatic heterocycles. The Morgan fingerprint density at radius 1 is 1.07 bits per heavy atom. The van der Waals surface area contributed by atoms with E-state index in [2.05, 4.69) is 15.6 Å². The number of hydrogen-bond acceptors (Lipinski definition) is 5. The third-order valence-corrected chi connectivity index (χ3v) is 5.05. The van der Waals surface area contributed by atoms with Gasteiger partial charge in [-0.1, -0.05) is 12.1 Å². The average molecular weight is 407 g/mol. The number of methoxy groups -OCH3 is 2. The van der Waals surface area contributed by atoms with E-state index in [1.807, 2.05) is 18.2 Å². The number of ether oxygens (including phenoxy) is 2. The molecule has 0 spiro atoms. The van der Waals surface area contributed by atoms with Crippen molar-refractivity contribution in [3.63, 3.8) is 0 Å². The Labute approximate surface area is 165 Å². The van der Waals surface area contributed by atoms with E-state index in [0.29, 0.717) is 25.5 Å². The molecule has 2 aromatic rings. The first-order chi connectivity index (χ1) is 13.4. The number of primary sulfonamides is 1. The number of aliphatic imine (C=N–C) groups is 1. The van der Waals surface area contributed by atoms with Crippen molar-refractivity contribution in [2.75, 3.05) is 27.8 Å². The highest BCUT2D eigenvalue weighted by Crippen LogP contribution is 2.24. The molecule has 0 unspecified atom stereocenters. The van der Waals surface area contributed by atoms with Crippen molar-refractivity contribution < 1.29 is 17.9 Å². The first-order valence-corrected chi connectivity index (χ1v) is 10.2. The topological polar surface area (TPSA) is 115 Å². The molecule has 0 bridgehead atoms. The summed E-state index contributed by atoms with van der Waals surface area (Å²) >= 11 is 0. The van der Waals surface area contributed by atoms with E-state index in [-0.39, 0.29) is 4.90 Å². The molecule has 0 amide bonds. The number of sulfonamides is 1. The Hall–Kier alpha value is -2.78. The molecule has 4 N–H and O–H groups in total. The standard InChI is InChI=1S/C19H26N4O4S/c1-21-19(23-13-15-6-7-16(26-2)12-18(15)27-3)22-11-10-14-4-8-17(9-5-14)28(20,24)25/h4-9,12H,10-11,13H2,1-3H3,(H2,20,24,25)(H2,21,22,23). The van der Waals surface area contributed by atoms with Gasteiger partial charge in [-0.25, -0.2) is 13.6 Å². The fourth-order valence-electron chi connectivity index (χ4n) is 2.57. The third-order valence-electron chi connectivity index (χ3n) is 4.12. The number of benzene rings is 2. The van der Waals surface area contributed by atoms with Crippen LogP contribution in [0.15, 0.2) is 52.4 Å². The van der Waals surface area contributed by atoms with E-state index in [1.54, 1.807) is 33.4 Å². The molecule has 0 fully saturated rings. The van der Waals surface area contributed by atoms with E-state index in [4.69, 9.17) is 14.6 Å². The van der Waals surface area contributed by atoms with Crippen LogP contribution < -0.4 is 25.2 Å². The average Bonchev–Trinajstić information content (AvgIpc) is 2.70. The summed E-state index contributed by atoms with van der Waals surface area (Å²) in [5.41, 5.74) is 1.97. The van der Waals surface area contributed by atoms with Gasteiger partial charge >= 0.3 is 0 Å². The molecular weight excluding hydrogens is 380 g/mol. The Morgan fingerprint density at radius 2 is 1.79 bits per heavy atom. The Morgan fingerprint density at radius 3 is 2.36 bits per heavy atom. The summed E-state index contributed by atoms with van der Waals surface area (Å²) in [5, 5.41) is 11.6. The largest absolute Gasteiger partial charge is 0.497 e. The highest BCUT2D eigenvalue weighted by Gasteiger charge is 2.08. The van der Waals surface area contributed by atoms with E-state index in [9.17, 15) is 8.42 Å². The lowest BCUT2D eigenvalue weighted by molar-refractivity contribution is 0.390. The molecule has 0 saturated heterocycles. The minimum absolute atomic E-state index is 0.107. The smallest absolute Gasteiger partial charge is 0.238 e. The highest BCUT2D eigenvalue weighted by molar-refractivity contribution is 7.89. The molecule has 2 aromatic carbocycles. The van der Waals surface area contributed by atoms with Gasteiger partial charge in [-0.15, -0.1) is 0 Å². The van der Waals surface area contributed by atoms with Crippen LogP contribution in [0.1, 0.15) is 11.1 Å². The fourth-order valence-corrected chi connectivity index (χ4v) is 3.08. The predicted molar refractivity (Wildman–Crippen MR) is 109 cm³/mol. The number of rotatable bonds is 8. The van der Waals surface area contributed by atoms with Crippen LogP contribution in [0, 0.1) is 0 Å². The Bertz CT molecular complexity index is 912. The van der Waals surface area contributed by atoms with Gasteiger partial charge in [0.15, 0.2) is 5.96 Å². The van der Waals surface area contributed by atoms with Crippen molar-refractivity contribution in [3.05, 3.63) is 53.6 Å². The van der Waals surface area contributed by atoms with Crippen molar-refractivity contribution in [3.8, 4) is 11.5 Å². The lowest BCUT2D eigenvalue weighted by Gasteiger charge is -2.14. The van der Waals surface area contributed by atoms with Crippen LogP contribution >= 0.6 is 0 Å². The number of nitrogens with one attached hydrogen (secondary N) is 2. The van der Waals surface area contributed by atoms with Crippen molar-refractivity contribution in [2.24, 2.45) is 10.1 Å². The van der Waals surface area contributed by atoms with Gasteiger partial charge < -0.3 is 20.1 Å². The summed E-state index contributed by atoms with van der Waals surface area (Å²) in [6, 6.07) is 12.2. The van der Waals surface area contributed by atoms with Gasteiger partial charge in [0.2, 0.25) is 10.0 Å². The Balaban J connectivity index is 1.87. The zero-order valence-corrected chi connectivity index (χ0v) is 17.0. The van der Waals surface area contributed by atoms with Crippen LogP contribution in [0.4, 0.5) is 0 Å². The molecule has 0 heterocycles. The minimum Gasteiger partial charge on any atom is -0.497 e. The van der Waals surface area contributed by atoms with Crippen LogP contribution in [0.5, 0.6) is 11.5 Å². The molecule has 28 heavy (non-hydrogen) atoms. The summed E-state index contributed by atoms with van der Waals surface area (Å²) < 4.78 is 33.2. The summed E-state index contributed by atoms with van der Waals surface area (Å²) in [5.74, 6) is 2.12. The van der Waals surface area contributed by atoms with Gasteiger partial charge in [-0.3, -0.25) is 4.99 Å². The maximum absolute atomic E-state index is 11.3. The van der Waals surface area contributed by atoms with Gasteiger partial charge in [0.1, 0.15) is 11.5 Å². The number of guanidine groups is 1. The zero-order chi connectivity index (χ0) is 20.6. The van der Waals surface area contributed by atoms with Crippen LogP contribution in [-0.2, 0) is 23.0 Å². The van der Waals surface area contributed by atoms with Gasteiger partial charge in [0, 0.05) is 31.8 Å². The summed E-state index contributed by atoms with van der Waals surface area (Å²) in [6.45, 7) is 1.17. The zero-order valence-electron chi connectivity index (χ0n) is 16.2. The van der Waals surface area contributed by atoms with Gasteiger partial charge in [-0.2, -0.15) is 0 Å². The first-order valence-electron chi connectivity index (χ1n) is 8.64. The molecule has 0 aromatic heterocycles. The molecule has 0 saturated carbocycles. The summed E-state index contributed by atoms with van der Waals surface area (Å²) in [6.07, 6.45) is 0.706. The lowest BCUT2D eigenvalue weighted by Crippen LogP contribution is -2.37. The number of nitrogens with two attached hydrogens (primary N) is 1. The van der Waals surface area contributed by atoms with E-state index in [1.165, 1.54) is 12.1 Å². The molecule has 0 atom stereocenters. The van der Waals surface area contributed by atoms with Crippen molar-refractivity contribution in [1.82, 2.24) is 10.6 Å². The van der Waals surface area contributed by atoms with Gasteiger partial charge in [0.05, 0.1) is 19.1 Å². The van der Waals surface area contributed by atoms with Crippen LogP contribution in [-0.4, -0.2) is 42.2 Å². The first kappa shape index (κ1) is 21.5. The SMILES string of the molecule is CN=C(NCCc1ccc(S(N)(=O)=O)cc1)NCc1ccc(OC)cc1OC. The van der Waals surface area contributed by atoms with Crippen LogP contribution in [0.2, 0.25) is 0 Å². The van der Waals surface area contributed by atoms with Gasteiger partial charge in [-0.05, 0) is 36.2 Å². The van der Waals surface area contributed by atoms with Crippen LogP contribution in [0.25, 0.3) is 0 Å². The van der Waals surface area contributed by atoms with E-state index in [0.717, 1.165) is 22.6 Å². The second-order valence-corrected chi connectivity index (χ2v) is 7.53. The maximum atomic E-state index is 11.3. The van der Waals surface area contributed by atoms with Crippen molar-refractivity contribution >= 4 is 16.0 Å². The van der Waals surface area contributed by atoms with Gasteiger partial charge in [0.25, 0.3) is 0 Å². The highest BCUT2D eigenvalue weighted by atomic mass is 32.2. The molecule has 0 radical (unpaired) electrons. The molecule has 9 heteroatoms. The number of nitrogens with zero attached hydrogens (tertiary/aromatic N) is 1. The molecule has 2 rings (SSSR count). The predicted octanol–water partition coefficient (Wildman–Crippen LogP) is 1.26. The minimum atomic E-state index is -3.66. The molecule has 0 aliphatic rings. The summed E-state index contributed by atoms with van der Waals surface area (Å²) in [7, 11) is 1.26. The maximum Gasteiger partial charge on any atom is 0.238 e. The second kappa shape index (κ2) is 9.95. The quantitative estimate of drug-likeness (QED) is 0.449. The number of hydrogen-bond donors (Lipinski definition) is 3. The molecule has 0 aliphatic carbocycles. The lowest BCUT2D eigenvalue weighted by atomic mass is 10.1. The van der Waals surface area contributed by atoms with Crippen molar-refractivity contribution in [1.29, 1.82) is 0 Å². The Kier molecular flexibility index (Phi) is 7.65. The van der Waals surface area contributed by atoms with Crippen molar-refractivity contribution in [2.45, 2.75) is 17.9 Å². The van der Waals surface area contributed by atoms with E-state index >= 15 is 0 Å². The van der Waals surface area contributed by atoms with E-state index < -0.39 is 10.0 Å². The fraction of sp³-hybridized carbons (Fsp3) is 0.316.